The second kappa shape index (κ2) is 5.30. The summed E-state index contributed by atoms with van der Waals surface area (Å²) in [6.45, 7) is 3.26. The van der Waals surface area contributed by atoms with Crippen molar-refractivity contribution in [3.63, 3.8) is 0 Å². The summed E-state index contributed by atoms with van der Waals surface area (Å²) in [5.41, 5.74) is 1.89. The summed E-state index contributed by atoms with van der Waals surface area (Å²) in [5.74, 6) is -0.677. The summed E-state index contributed by atoms with van der Waals surface area (Å²) in [6, 6.07) is 0. The second-order valence-corrected chi connectivity index (χ2v) is 6.55. The van der Waals surface area contributed by atoms with Crippen LogP contribution in [-0.4, -0.2) is 24.3 Å². The third-order valence-electron chi connectivity index (χ3n) is 2.96. The van der Waals surface area contributed by atoms with Crippen LogP contribution in [0.4, 0.5) is 0 Å². The number of aryl methyl sites for hydroxylation is 2. The van der Waals surface area contributed by atoms with Gasteiger partial charge in [0.25, 0.3) is 11.5 Å². The fourth-order valence-corrected chi connectivity index (χ4v) is 3.66. The van der Waals surface area contributed by atoms with Crippen LogP contribution in [0.5, 0.6) is 0 Å². The molecule has 0 saturated carbocycles. The quantitative estimate of drug-likeness (QED) is 0.717. The lowest BCUT2D eigenvalue weighted by atomic mass is 10.2. The fraction of sp³-hybridized carbons (Fsp3) is 0.182. The van der Waals surface area contributed by atoms with Crippen LogP contribution in [0.1, 0.15) is 21.7 Å². The zero-order valence-corrected chi connectivity index (χ0v) is 13.6. The molecular formula is C11H8ClN5O3S2. The predicted molar refractivity (Wildman–Crippen MR) is 84.8 cm³/mol. The molecule has 0 bridgehead atoms. The van der Waals surface area contributed by atoms with Gasteiger partial charge in [0.1, 0.15) is 9.17 Å². The molecule has 22 heavy (non-hydrogen) atoms. The second-order valence-electron chi connectivity index (χ2n) is 4.40. The SMILES string of the molecule is Cc1nsc(Cl)c1C(=O)Nn1c(=O)[nH]c2snc(C)c2c1=O. The maximum absolute atomic E-state index is 12.4. The number of aromatic amines is 1. The van der Waals surface area contributed by atoms with Gasteiger partial charge < -0.3 is 0 Å². The van der Waals surface area contributed by atoms with E-state index in [4.69, 9.17) is 11.6 Å². The zero-order chi connectivity index (χ0) is 16.0. The summed E-state index contributed by atoms with van der Waals surface area (Å²) in [6.07, 6.45) is 0. The first-order chi connectivity index (χ1) is 10.4. The molecule has 0 radical (unpaired) electrons. The Morgan fingerprint density at radius 2 is 1.91 bits per heavy atom. The Hall–Kier alpha value is -2.04. The normalized spacial score (nSPS) is 11.0. The molecule has 0 aromatic carbocycles. The van der Waals surface area contributed by atoms with Crippen LogP contribution in [0, 0.1) is 13.8 Å². The number of H-pyrrole nitrogens is 1. The number of amides is 1. The van der Waals surface area contributed by atoms with Crippen molar-refractivity contribution >= 4 is 50.8 Å². The van der Waals surface area contributed by atoms with E-state index in [9.17, 15) is 14.4 Å². The summed E-state index contributed by atoms with van der Waals surface area (Å²) in [4.78, 5) is 39.4. The summed E-state index contributed by atoms with van der Waals surface area (Å²) < 4.78 is 8.76. The highest BCUT2D eigenvalue weighted by atomic mass is 35.5. The number of aromatic nitrogens is 4. The van der Waals surface area contributed by atoms with Gasteiger partial charge in [-0.15, -0.1) is 0 Å². The maximum Gasteiger partial charge on any atom is 0.348 e. The monoisotopic (exact) mass is 357 g/mol. The molecule has 3 aromatic heterocycles. The van der Waals surface area contributed by atoms with Crippen LogP contribution in [0.25, 0.3) is 10.2 Å². The van der Waals surface area contributed by atoms with Crippen molar-refractivity contribution < 1.29 is 4.79 Å². The van der Waals surface area contributed by atoms with Crippen molar-refractivity contribution in [3.8, 4) is 0 Å². The van der Waals surface area contributed by atoms with Crippen molar-refractivity contribution in [1.82, 2.24) is 18.4 Å². The molecule has 0 unspecified atom stereocenters. The Morgan fingerprint density at radius 3 is 2.55 bits per heavy atom. The Bertz CT molecular complexity index is 996. The van der Waals surface area contributed by atoms with Crippen molar-refractivity contribution in [3.05, 3.63) is 42.1 Å². The van der Waals surface area contributed by atoms with Gasteiger partial charge in [-0.3, -0.25) is 20.0 Å². The molecule has 0 saturated heterocycles. The third-order valence-corrected chi connectivity index (χ3v) is 4.94. The van der Waals surface area contributed by atoms with Crippen molar-refractivity contribution in [2.45, 2.75) is 13.8 Å². The summed E-state index contributed by atoms with van der Waals surface area (Å²) in [7, 11) is 0. The number of hydrogen-bond donors (Lipinski definition) is 2. The molecule has 0 aliphatic carbocycles. The van der Waals surface area contributed by atoms with E-state index >= 15 is 0 Å². The van der Waals surface area contributed by atoms with Gasteiger partial charge in [0, 0.05) is 0 Å². The van der Waals surface area contributed by atoms with E-state index in [2.05, 4.69) is 19.2 Å². The van der Waals surface area contributed by atoms with Gasteiger partial charge in [0.05, 0.1) is 22.3 Å². The topological polar surface area (TPSA) is 110 Å². The molecule has 0 aliphatic heterocycles. The molecule has 0 spiro atoms. The molecule has 0 fully saturated rings. The zero-order valence-electron chi connectivity index (χ0n) is 11.3. The van der Waals surface area contributed by atoms with Crippen molar-refractivity contribution in [2.75, 3.05) is 5.43 Å². The minimum absolute atomic E-state index is 0.137. The Balaban J connectivity index is 2.12. The first kappa shape index (κ1) is 14.9. The van der Waals surface area contributed by atoms with Gasteiger partial charge in [-0.1, -0.05) is 11.6 Å². The minimum atomic E-state index is -0.758. The van der Waals surface area contributed by atoms with Crippen LogP contribution in [0.3, 0.4) is 0 Å². The lowest BCUT2D eigenvalue weighted by Gasteiger charge is -2.06. The molecule has 0 atom stereocenters. The number of nitrogens with zero attached hydrogens (tertiary/aromatic N) is 3. The molecule has 8 nitrogen and oxygen atoms in total. The average molecular weight is 358 g/mol. The molecule has 3 heterocycles. The maximum atomic E-state index is 12.4. The Kier molecular flexibility index (Phi) is 3.59. The standard InChI is InChI=1S/C11H8ClN5O3S2/c1-3-5(7(12)21-15-3)8(18)14-17-10(19)6-4(2)16-22-9(6)13-11(17)20/h1-2H3,(H,13,20)(H,14,18). The number of fused-ring (bicyclic) bond motifs is 1. The first-order valence-corrected chi connectivity index (χ1v) is 7.87. The fourth-order valence-electron chi connectivity index (χ4n) is 1.92. The first-order valence-electron chi connectivity index (χ1n) is 5.94. The lowest BCUT2D eigenvalue weighted by Crippen LogP contribution is -2.43. The molecule has 11 heteroatoms. The number of nitrogens with one attached hydrogen (secondary N) is 2. The van der Waals surface area contributed by atoms with Gasteiger partial charge in [-0.2, -0.15) is 13.4 Å². The van der Waals surface area contributed by atoms with E-state index in [-0.39, 0.29) is 15.3 Å². The number of carbonyl (C=O) groups is 1. The van der Waals surface area contributed by atoms with Crippen molar-refractivity contribution in [1.29, 1.82) is 0 Å². The largest absolute Gasteiger partial charge is 0.348 e. The van der Waals surface area contributed by atoms with E-state index in [1.165, 1.54) is 0 Å². The molecule has 3 rings (SSSR count). The number of halogens is 1. The summed E-state index contributed by atoms with van der Waals surface area (Å²) in [5, 5.41) is 0.260. The third kappa shape index (κ3) is 2.25. The van der Waals surface area contributed by atoms with Crippen LogP contribution < -0.4 is 16.7 Å². The highest BCUT2D eigenvalue weighted by molar-refractivity contribution is 7.12. The minimum Gasteiger partial charge on any atom is -0.295 e. The highest BCUT2D eigenvalue weighted by Crippen LogP contribution is 2.23. The highest BCUT2D eigenvalue weighted by Gasteiger charge is 2.20. The molecule has 2 N–H and O–H groups in total. The van der Waals surface area contributed by atoms with E-state index in [1.54, 1.807) is 13.8 Å². The number of hydrogen-bond acceptors (Lipinski definition) is 7. The average Bonchev–Trinajstić information content (AvgIpc) is 2.98. The van der Waals surface area contributed by atoms with Gasteiger partial charge in [0.2, 0.25) is 0 Å². The molecule has 0 aliphatic rings. The smallest absolute Gasteiger partial charge is 0.295 e. The van der Waals surface area contributed by atoms with Gasteiger partial charge >= 0.3 is 5.69 Å². The van der Waals surface area contributed by atoms with E-state index < -0.39 is 17.2 Å². The molecule has 3 aromatic rings. The number of rotatable bonds is 2. The molecular weight excluding hydrogens is 350 g/mol. The van der Waals surface area contributed by atoms with E-state index in [0.717, 1.165) is 23.1 Å². The lowest BCUT2D eigenvalue weighted by molar-refractivity contribution is 0.101. The molecule has 114 valence electrons. The Labute approximate surface area is 135 Å². The van der Waals surface area contributed by atoms with Crippen LogP contribution in [0.2, 0.25) is 4.34 Å². The predicted octanol–water partition coefficient (Wildman–Crippen LogP) is 1.26. The van der Waals surface area contributed by atoms with Crippen molar-refractivity contribution in [2.24, 2.45) is 0 Å². The van der Waals surface area contributed by atoms with Gasteiger partial charge in [0.15, 0.2) is 0 Å². The van der Waals surface area contributed by atoms with Crippen LogP contribution in [-0.2, 0) is 0 Å². The van der Waals surface area contributed by atoms with Crippen LogP contribution >= 0.6 is 34.7 Å². The molecule has 1 amide bonds. The van der Waals surface area contributed by atoms with Crippen LogP contribution in [0.15, 0.2) is 9.59 Å². The summed E-state index contributed by atoms with van der Waals surface area (Å²) >= 11 is 7.87. The van der Waals surface area contributed by atoms with E-state index in [1.807, 2.05) is 0 Å². The van der Waals surface area contributed by atoms with Gasteiger partial charge in [-0.05, 0) is 36.9 Å². The van der Waals surface area contributed by atoms with Gasteiger partial charge in [-0.25, -0.2) is 4.79 Å². The Morgan fingerprint density at radius 1 is 1.23 bits per heavy atom. The van der Waals surface area contributed by atoms with E-state index in [0.29, 0.717) is 20.9 Å². The number of carbonyl (C=O) groups excluding carboxylic acids is 1.